The van der Waals surface area contributed by atoms with Gasteiger partial charge >= 0.3 is 0 Å². The largest absolute Gasteiger partial charge is 0.345 e. The molecule has 1 heterocycles. The molecule has 0 radical (unpaired) electrons. The van der Waals surface area contributed by atoms with Gasteiger partial charge in [0.25, 0.3) is 5.91 Å². The fraction of sp³-hybridized carbons (Fsp3) is 0.350. The second-order valence-corrected chi connectivity index (χ2v) is 11.7. The van der Waals surface area contributed by atoms with Gasteiger partial charge in [0.2, 0.25) is 10.0 Å². The van der Waals surface area contributed by atoms with Gasteiger partial charge in [0.15, 0.2) is 9.84 Å². The molecule has 0 aliphatic carbocycles. The molecule has 0 aromatic heterocycles. The molecular formula is C20H23ClN2O5S2. The van der Waals surface area contributed by atoms with E-state index < -0.39 is 31.8 Å². The van der Waals surface area contributed by atoms with Gasteiger partial charge in [-0.05, 0) is 55.7 Å². The molecule has 30 heavy (non-hydrogen) atoms. The minimum Gasteiger partial charge on any atom is -0.345 e. The molecule has 1 N–H and O–H groups in total. The molecule has 10 heteroatoms. The molecule has 3 rings (SSSR count). The van der Waals surface area contributed by atoms with Crippen molar-refractivity contribution in [2.45, 2.75) is 35.6 Å². The lowest BCUT2D eigenvalue weighted by Crippen LogP contribution is -2.29. The lowest BCUT2D eigenvalue weighted by atomic mass is 10.1. The maximum absolute atomic E-state index is 12.8. The SMILES string of the molecule is C[C@H](NC(=O)c1cc(S(=O)(=O)N2CCCC2)ccc1Cl)c1ccc(S(C)(=O)=O)cc1. The van der Waals surface area contributed by atoms with Gasteiger partial charge in [0.1, 0.15) is 0 Å². The maximum Gasteiger partial charge on any atom is 0.253 e. The van der Waals surface area contributed by atoms with Crippen LogP contribution < -0.4 is 5.32 Å². The predicted octanol–water partition coefficient (Wildman–Crippen LogP) is 3.02. The van der Waals surface area contributed by atoms with Gasteiger partial charge in [-0.1, -0.05) is 23.7 Å². The molecule has 162 valence electrons. The Morgan fingerprint density at radius 1 is 1.00 bits per heavy atom. The highest BCUT2D eigenvalue weighted by Gasteiger charge is 2.28. The van der Waals surface area contributed by atoms with Crippen LogP contribution in [0, 0.1) is 0 Å². The summed E-state index contributed by atoms with van der Waals surface area (Å²) in [6.45, 7) is 2.67. The average molecular weight is 471 g/mol. The van der Waals surface area contributed by atoms with Crippen molar-refractivity contribution in [3.05, 3.63) is 58.6 Å². The van der Waals surface area contributed by atoms with Gasteiger partial charge in [-0.25, -0.2) is 16.8 Å². The number of hydrogen-bond acceptors (Lipinski definition) is 5. The van der Waals surface area contributed by atoms with Gasteiger partial charge in [-0.3, -0.25) is 4.79 Å². The quantitative estimate of drug-likeness (QED) is 0.699. The van der Waals surface area contributed by atoms with Crippen molar-refractivity contribution >= 4 is 37.4 Å². The van der Waals surface area contributed by atoms with E-state index in [0.29, 0.717) is 18.7 Å². The molecule has 2 aromatic rings. The Hall–Kier alpha value is -1.94. The van der Waals surface area contributed by atoms with Crippen molar-refractivity contribution in [3.63, 3.8) is 0 Å². The molecule has 0 saturated carbocycles. The first-order chi connectivity index (χ1) is 14.0. The van der Waals surface area contributed by atoms with Crippen molar-refractivity contribution in [2.75, 3.05) is 19.3 Å². The van der Waals surface area contributed by atoms with E-state index in [1.54, 1.807) is 19.1 Å². The van der Waals surface area contributed by atoms with Crippen LogP contribution in [0.2, 0.25) is 5.02 Å². The lowest BCUT2D eigenvalue weighted by molar-refractivity contribution is 0.0940. The number of sulfonamides is 1. The number of halogens is 1. The summed E-state index contributed by atoms with van der Waals surface area (Å²) in [4.78, 5) is 13.0. The van der Waals surface area contributed by atoms with Gasteiger partial charge in [-0.2, -0.15) is 4.31 Å². The van der Waals surface area contributed by atoms with Crippen LogP contribution in [-0.4, -0.2) is 46.4 Å². The number of nitrogens with zero attached hydrogens (tertiary/aromatic N) is 1. The highest BCUT2D eigenvalue weighted by molar-refractivity contribution is 7.90. The maximum atomic E-state index is 12.8. The predicted molar refractivity (Wildman–Crippen MR) is 115 cm³/mol. The summed E-state index contributed by atoms with van der Waals surface area (Å²) in [6, 6.07) is 9.86. The number of benzene rings is 2. The number of carbonyl (C=O) groups excluding carboxylic acids is 1. The van der Waals surface area contributed by atoms with E-state index >= 15 is 0 Å². The van der Waals surface area contributed by atoms with Gasteiger partial charge < -0.3 is 5.32 Å². The van der Waals surface area contributed by atoms with Crippen molar-refractivity contribution in [1.29, 1.82) is 0 Å². The van der Waals surface area contributed by atoms with Crippen LogP contribution in [-0.2, 0) is 19.9 Å². The second kappa shape index (κ2) is 8.66. The van der Waals surface area contributed by atoms with E-state index in [2.05, 4.69) is 5.32 Å². The Morgan fingerprint density at radius 2 is 1.57 bits per heavy atom. The fourth-order valence-electron chi connectivity index (χ4n) is 3.28. The van der Waals surface area contributed by atoms with Gasteiger partial charge in [0.05, 0.1) is 26.4 Å². The molecule has 1 aliphatic heterocycles. The third-order valence-corrected chi connectivity index (χ3v) is 8.39. The molecule has 7 nitrogen and oxygen atoms in total. The molecule has 0 bridgehead atoms. The van der Waals surface area contributed by atoms with Crippen LogP contribution in [0.4, 0.5) is 0 Å². The van der Waals surface area contributed by atoms with E-state index in [0.717, 1.165) is 19.1 Å². The van der Waals surface area contributed by atoms with Crippen molar-refractivity contribution in [1.82, 2.24) is 9.62 Å². The molecule has 1 saturated heterocycles. The summed E-state index contributed by atoms with van der Waals surface area (Å²) in [5.74, 6) is -0.516. The van der Waals surface area contributed by atoms with Crippen LogP contribution in [0.1, 0.15) is 41.7 Å². The van der Waals surface area contributed by atoms with Crippen molar-refractivity contribution in [2.24, 2.45) is 0 Å². The molecule has 1 aliphatic rings. The minimum absolute atomic E-state index is 0.0316. The number of rotatable bonds is 6. The van der Waals surface area contributed by atoms with E-state index in [9.17, 15) is 21.6 Å². The van der Waals surface area contributed by atoms with E-state index in [-0.39, 0.29) is 20.4 Å². The number of carbonyl (C=O) groups is 1. The van der Waals surface area contributed by atoms with Crippen molar-refractivity contribution in [3.8, 4) is 0 Å². The molecular weight excluding hydrogens is 448 g/mol. The van der Waals surface area contributed by atoms with Crippen LogP contribution >= 0.6 is 11.6 Å². The first kappa shape index (κ1) is 22.7. The van der Waals surface area contributed by atoms with Crippen LogP contribution in [0.5, 0.6) is 0 Å². The van der Waals surface area contributed by atoms with Crippen LogP contribution in [0.15, 0.2) is 52.3 Å². The van der Waals surface area contributed by atoms with Gasteiger partial charge in [-0.15, -0.1) is 0 Å². The van der Waals surface area contributed by atoms with Crippen LogP contribution in [0.3, 0.4) is 0 Å². The van der Waals surface area contributed by atoms with E-state index in [1.807, 2.05) is 0 Å². The Morgan fingerprint density at radius 3 is 2.13 bits per heavy atom. The van der Waals surface area contributed by atoms with E-state index in [1.165, 1.54) is 34.6 Å². The third kappa shape index (κ3) is 4.85. The van der Waals surface area contributed by atoms with E-state index in [4.69, 9.17) is 11.6 Å². The zero-order chi connectivity index (χ0) is 22.1. The summed E-state index contributed by atoms with van der Waals surface area (Å²) in [5.41, 5.74) is 0.768. The summed E-state index contributed by atoms with van der Waals surface area (Å²) >= 11 is 6.17. The Bertz CT molecular complexity index is 1160. The Balaban J connectivity index is 1.81. The number of nitrogens with one attached hydrogen (secondary N) is 1. The second-order valence-electron chi connectivity index (χ2n) is 7.29. The molecule has 2 aromatic carbocycles. The van der Waals surface area contributed by atoms with Crippen LogP contribution in [0.25, 0.3) is 0 Å². The number of sulfone groups is 1. The summed E-state index contributed by atoms with van der Waals surface area (Å²) in [6.07, 6.45) is 2.75. The fourth-order valence-corrected chi connectivity index (χ4v) is 5.66. The average Bonchev–Trinajstić information content (AvgIpc) is 3.23. The van der Waals surface area contributed by atoms with Gasteiger partial charge in [0, 0.05) is 19.3 Å². The Labute approximate surface area is 182 Å². The van der Waals surface area contributed by atoms with Crippen molar-refractivity contribution < 1.29 is 21.6 Å². The molecule has 1 amide bonds. The zero-order valence-electron chi connectivity index (χ0n) is 16.6. The first-order valence-electron chi connectivity index (χ1n) is 9.41. The highest BCUT2D eigenvalue weighted by atomic mass is 35.5. The summed E-state index contributed by atoms with van der Waals surface area (Å²) in [5, 5.41) is 2.92. The third-order valence-electron chi connectivity index (χ3n) is 5.04. The standard InChI is InChI=1S/C20H23ClN2O5S2/c1-14(15-5-7-16(8-6-15)29(2,25)26)22-20(24)18-13-17(9-10-19(18)21)30(27,28)23-11-3-4-12-23/h5-10,13-14H,3-4,11-12H2,1-2H3,(H,22,24)/t14-/m0/s1. The monoisotopic (exact) mass is 470 g/mol. The highest BCUT2D eigenvalue weighted by Crippen LogP contribution is 2.26. The lowest BCUT2D eigenvalue weighted by Gasteiger charge is -2.18. The molecule has 1 atom stereocenters. The number of hydrogen-bond donors (Lipinski definition) is 1. The molecule has 0 spiro atoms. The Kier molecular flexibility index (Phi) is 6.57. The normalized spacial score (nSPS) is 16.4. The molecule has 0 unspecified atom stereocenters. The first-order valence-corrected chi connectivity index (χ1v) is 13.1. The number of amides is 1. The zero-order valence-corrected chi connectivity index (χ0v) is 19.0. The minimum atomic E-state index is -3.67. The summed E-state index contributed by atoms with van der Waals surface area (Å²) in [7, 11) is -6.98. The smallest absolute Gasteiger partial charge is 0.253 e. The molecule has 1 fully saturated rings. The summed E-state index contributed by atoms with van der Waals surface area (Å²) < 4.78 is 50.1. The topological polar surface area (TPSA) is 101 Å².